The summed E-state index contributed by atoms with van der Waals surface area (Å²) in [5.41, 5.74) is 5.97. The smallest absolute Gasteiger partial charge is 0.131 e. The van der Waals surface area contributed by atoms with E-state index in [1.54, 1.807) is 0 Å². The molecular formula is C18H21N3. The molecule has 1 heterocycles. The highest BCUT2D eigenvalue weighted by Gasteiger charge is 2.14. The van der Waals surface area contributed by atoms with E-state index in [0.717, 1.165) is 17.0 Å². The highest BCUT2D eigenvalue weighted by Crippen LogP contribution is 2.23. The van der Waals surface area contributed by atoms with E-state index in [0.29, 0.717) is 0 Å². The maximum absolute atomic E-state index is 4.75. The van der Waals surface area contributed by atoms with Crippen molar-refractivity contribution in [3.8, 4) is 0 Å². The predicted octanol–water partition coefficient (Wildman–Crippen LogP) is 4.36. The molecule has 21 heavy (non-hydrogen) atoms. The van der Waals surface area contributed by atoms with Gasteiger partial charge in [-0.05, 0) is 56.2 Å². The number of benzene rings is 2. The van der Waals surface area contributed by atoms with Gasteiger partial charge in [-0.15, -0.1) is 0 Å². The van der Waals surface area contributed by atoms with E-state index in [4.69, 9.17) is 4.98 Å². The molecule has 1 unspecified atom stereocenters. The third-order valence-corrected chi connectivity index (χ3v) is 4.10. The van der Waals surface area contributed by atoms with Crippen molar-refractivity contribution in [2.75, 3.05) is 5.32 Å². The zero-order chi connectivity index (χ0) is 15.0. The molecule has 1 N–H and O–H groups in total. The minimum absolute atomic E-state index is 0.157. The summed E-state index contributed by atoms with van der Waals surface area (Å²) in [7, 11) is 2.07. The van der Waals surface area contributed by atoms with Crippen LogP contribution in [0.25, 0.3) is 11.0 Å². The Morgan fingerprint density at radius 2 is 1.81 bits per heavy atom. The zero-order valence-electron chi connectivity index (χ0n) is 13.0. The van der Waals surface area contributed by atoms with Crippen molar-refractivity contribution in [2.24, 2.45) is 7.05 Å². The summed E-state index contributed by atoms with van der Waals surface area (Å²) in [6.45, 7) is 6.42. The van der Waals surface area contributed by atoms with Crippen molar-refractivity contribution in [1.29, 1.82) is 0 Å². The highest BCUT2D eigenvalue weighted by molar-refractivity contribution is 5.76. The number of rotatable bonds is 3. The summed E-state index contributed by atoms with van der Waals surface area (Å²) < 4.78 is 2.16. The van der Waals surface area contributed by atoms with Crippen molar-refractivity contribution >= 4 is 16.7 Å². The average Bonchev–Trinajstić information content (AvgIpc) is 2.81. The molecule has 0 radical (unpaired) electrons. The van der Waals surface area contributed by atoms with E-state index in [1.807, 2.05) is 6.07 Å². The number of aromatic nitrogens is 2. The fourth-order valence-corrected chi connectivity index (χ4v) is 2.70. The molecule has 0 amide bonds. The fraction of sp³-hybridized carbons (Fsp3) is 0.278. The third-order valence-electron chi connectivity index (χ3n) is 4.10. The summed E-state index contributed by atoms with van der Waals surface area (Å²) in [5.74, 6) is 1.05. The molecule has 0 saturated heterocycles. The van der Waals surface area contributed by atoms with E-state index in [2.05, 4.69) is 74.1 Å². The quantitative estimate of drug-likeness (QED) is 0.772. The molecule has 0 bridgehead atoms. The van der Waals surface area contributed by atoms with E-state index >= 15 is 0 Å². The Hall–Kier alpha value is -2.29. The second-order valence-electron chi connectivity index (χ2n) is 5.68. The Morgan fingerprint density at radius 1 is 1.05 bits per heavy atom. The van der Waals surface area contributed by atoms with Gasteiger partial charge < -0.3 is 9.88 Å². The standard InChI is InChI=1S/C18H21N3/c1-12-9-10-15(11-13(12)2)19-14(3)18-20-16-7-5-6-8-17(16)21(18)4/h5-11,14,19H,1-4H3. The Kier molecular flexibility index (Phi) is 3.42. The lowest BCUT2D eigenvalue weighted by Crippen LogP contribution is -2.12. The lowest BCUT2D eigenvalue weighted by Gasteiger charge is -2.16. The van der Waals surface area contributed by atoms with Crippen LogP contribution in [0.4, 0.5) is 5.69 Å². The number of hydrogen-bond donors (Lipinski definition) is 1. The van der Waals surface area contributed by atoms with Gasteiger partial charge in [0.25, 0.3) is 0 Å². The molecule has 2 aromatic carbocycles. The number of nitrogens with one attached hydrogen (secondary N) is 1. The number of hydrogen-bond acceptors (Lipinski definition) is 2. The van der Waals surface area contributed by atoms with Gasteiger partial charge in [-0.2, -0.15) is 0 Å². The second-order valence-corrected chi connectivity index (χ2v) is 5.68. The van der Waals surface area contributed by atoms with Gasteiger partial charge in [-0.1, -0.05) is 18.2 Å². The van der Waals surface area contributed by atoms with E-state index < -0.39 is 0 Å². The Bertz CT molecular complexity index is 786. The number of para-hydroxylation sites is 2. The van der Waals surface area contributed by atoms with Gasteiger partial charge in [0.15, 0.2) is 0 Å². The summed E-state index contributed by atoms with van der Waals surface area (Å²) >= 11 is 0. The van der Waals surface area contributed by atoms with Crippen molar-refractivity contribution in [2.45, 2.75) is 26.8 Å². The molecule has 3 aromatic rings. The lowest BCUT2D eigenvalue weighted by molar-refractivity contribution is 0.733. The lowest BCUT2D eigenvalue weighted by atomic mass is 10.1. The number of anilines is 1. The molecule has 0 aliphatic heterocycles. The van der Waals surface area contributed by atoms with Crippen LogP contribution in [0.15, 0.2) is 42.5 Å². The van der Waals surface area contributed by atoms with Gasteiger partial charge in [0, 0.05) is 12.7 Å². The number of imidazole rings is 1. The molecule has 108 valence electrons. The Morgan fingerprint density at radius 3 is 2.52 bits per heavy atom. The topological polar surface area (TPSA) is 29.9 Å². The molecule has 0 fully saturated rings. The second kappa shape index (κ2) is 5.24. The maximum Gasteiger partial charge on any atom is 0.131 e. The molecule has 0 saturated carbocycles. The molecule has 0 aliphatic rings. The maximum atomic E-state index is 4.75. The molecule has 1 atom stereocenters. The fourth-order valence-electron chi connectivity index (χ4n) is 2.70. The summed E-state index contributed by atoms with van der Waals surface area (Å²) in [6.07, 6.45) is 0. The molecule has 0 spiro atoms. The van der Waals surface area contributed by atoms with Crippen LogP contribution in [0, 0.1) is 13.8 Å². The SMILES string of the molecule is Cc1ccc(NC(C)c2nc3ccccc3n2C)cc1C. The van der Waals surface area contributed by atoms with E-state index in [9.17, 15) is 0 Å². The first-order chi connectivity index (χ1) is 10.1. The van der Waals surface area contributed by atoms with Crippen LogP contribution >= 0.6 is 0 Å². The zero-order valence-corrected chi connectivity index (χ0v) is 13.0. The van der Waals surface area contributed by atoms with Gasteiger partial charge in [0.2, 0.25) is 0 Å². The summed E-state index contributed by atoms with van der Waals surface area (Å²) in [6, 6.07) is 14.9. The molecule has 0 aliphatic carbocycles. The molecule has 3 nitrogen and oxygen atoms in total. The third kappa shape index (κ3) is 2.51. The minimum Gasteiger partial charge on any atom is -0.375 e. The Labute approximate surface area is 125 Å². The van der Waals surface area contributed by atoms with Crippen LogP contribution in [0.5, 0.6) is 0 Å². The predicted molar refractivity (Wildman–Crippen MR) is 88.7 cm³/mol. The van der Waals surface area contributed by atoms with Gasteiger partial charge in [0.05, 0.1) is 17.1 Å². The first kappa shape index (κ1) is 13.7. The van der Waals surface area contributed by atoms with Gasteiger partial charge in [-0.25, -0.2) is 4.98 Å². The van der Waals surface area contributed by atoms with Crippen LogP contribution in [0.1, 0.15) is 29.9 Å². The monoisotopic (exact) mass is 279 g/mol. The van der Waals surface area contributed by atoms with Crippen LogP contribution in [0.3, 0.4) is 0 Å². The number of fused-ring (bicyclic) bond motifs is 1. The number of nitrogens with zero attached hydrogens (tertiary/aromatic N) is 2. The van der Waals surface area contributed by atoms with Crippen molar-refractivity contribution in [3.05, 3.63) is 59.4 Å². The van der Waals surface area contributed by atoms with Crippen molar-refractivity contribution in [1.82, 2.24) is 9.55 Å². The summed E-state index contributed by atoms with van der Waals surface area (Å²) in [5, 5.41) is 3.54. The highest BCUT2D eigenvalue weighted by atomic mass is 15.1. The minimum atomic E-state index is 0.157. The van der Waals surface area contributed by atoms with E-state index in [1.165, 1.54) is 16.6 Å². The molecule has 3 rings (SSSR count). The largest absolute Gasteiger partial charge is 0.375 e. The van der Waals surface area contributed by atoms with Crippen LogP contribution in [-0.4, -0.2) is 9.55 Å². The first-order valence-corrected chi connectivity index (χ1v) is 7.31. The van der Waals surface area contributed by atoms with Gasteiger partial charge in [0.1, 0.15) is 5.82 Å². The van der Waals surface area contributed by atoms with Gasteiger partial charge >= 0.3 is 0 Å². The van der Waals surface area contributed by atoms with Crippen LogP contribution < -0.4 is 5.32 Å². The summed E-state index contributed by atoms with van der Waals surface area (Å²) in [4.78, 5) is 4.75. The number of aryl methyl sites for hydroxylation is 3. The Balaban J connectivity index is 1.91. The van der Waals surface area contributed by atoms with Crippen LogP contribution in [0.2, 0.25) is 0 Å². The van der Waals surface area contributed by atoms with Crippen molar-refractivity contribution < 1.29 is 0 Å². The molecule has 1 aromatic heterocycles. The van der Waals surface area contributed by atoms with Gasteiger partial charge in [-0.3, -0.25) is 0 Å². The molecule has 3 heteroatoms. The average molecular weight is 279 g/mol. The first-order valence-electron chi connectivity index (χ1n) is 7.31. The van der Waals surface area contributed by atoms with Crippen molar-refractivity contribution in [3.63, 3.8) is 0 Å². The van der Waals surface area contributed by atoms with Crippen LogP contribution in [-0.2, 0) is 7.05 Å². The molecular weight excluding hydrogens is 258 g/mol. The normalized spacial score (nSPS) is 12.6. The van der Waals surface area contributed by atoms with E-state index in [-0.39, 0.29) is 6.04 Å².